The van der Waals surface area contributed by atoms with Crippen LogP contribution < -0.4 is 14.8 Å². The van der Waals surface area contributed by atoms with Crippen LogP contribution in [0.5, 0.6) is 11.8 Å². The molecule has 1 aromatic heterocycles. The number of alkyl halides is 3. The number of hydrogen-bond donors (Lipinski definition) is 1. The fourth-order valence-electron chi connectivity index (χ4n) is 1.34. The van der Waals surface area contributed by atoms with Crippen molar-refractivity contribution in [3.05, 3.63) is 6.07 Å². The molecule has 0 atom stereocenters. The summed E-state index contributed by atoms with van der Waals surface area (Å²) in [7, 11) is 2.91. The van der Waals surface area contributed by atoms with Gasteiger partial charge in [0.15, 0.2) is 0 Å². The highest BCUT2D eigenvalue weighted by Gasteiger charge is 2.25. The van der Waals surface area contributed by atoms with E-state index in [9.17, 15) is 13.2 Å². The smallest absolute Gasteiger partial charge is 0.389 e. The average Bonchev–Trinajstić information content (AvgIpc) is 2.36. The third-order valence-corrected chi connectivity index (χ3v) is 2.27. The number of nitrogens with zero attached hydrogens (tertiary/aromatic N) is 2. The Bertz CT molecular complexity index is 377. The maximum atomic E-state index is 11.9. The van der Waals surface area contributed by atoms with E-state index in [1.165, 1.54) is 20.3 Å². The van der Waals surface area contributed by atoms with Gasteiger partial charge >= 0.3 is 6.18 Å². The Balaban J connectivity index is 2.40. The number of methoxy groups -OCH3 is 2. The Kier molecular flexibility index (Phi) is 5.65. The van der Waals surface area contributed by atoms with Crippen LogP contribution in [-0.4, -0.2) is 36.9 Å². The quantitative estimate of drug-likeness (QED) is 0.778. The highest BCUT2D eigenvalue weighted by molar-refractivity contribution is 5.33. The molecule has 8 heteroatoms. The molecule has 5 nitrogen and oxygen atoms in total. The minimum Gasteiger partial charge on any atom is -0.481 e. The number of rotatable bonds is 7. The fourth-order valence-corrected chi connectivity index (χ4v) is 1.34. The first-order valence-electron chi connectivity index (χ1n) is 5.72. The Morgan fingerprint density at radius 3 is 2.16 bits per heavy atom. The van der Waals surface area contributed by atoms with Gasteiger partial charge in [-0.25, -0.2) is 0 Å². The molecule has 108 valence electrons. The van der Waals surface area contributed by atoms with E-state index in [1.807, 2.05) is 0 Å². The zero-order valence-corrected chi connectivity index (χ0v) is 10.8. The van der Waals surface area contributed by atoms with Crippen LogP contribution in [0, 0.1) is 0 Å². The van der Waals surface area contributed by atoms with Crippen LogP contribution in [0.3, 0.4) is 0 Å². The van der Waals surface area contributed by atoms with Gasteiger partial charge in [-0.3, -0.25) is 0 Å². The molecule has 0 aromatic carbocycles. The second kappa shape index (κ2) is 7.01. The second-order valence-corrected chi connectivity index (χ2v) is 3.78. The Hall–Kier alpha value is -1.73. The van der Waals surface area contributed by atoms with Crippen molar-refractivity contribution < 1.29 is 22.6 Å². The fraction of sp³-hybridized carbons (Fsp3) is 0.636. The van der Waals surface area contributed by atoms with E-state index in [-0.39, 0.29) is 12.4 Å². The predicted molar refractivity (Wildman–Crippen MR) is 63.5 cm³/mol. The van der Waals surface area contributed by atoms with Gasteiger partial charge in [0, 0.05) is 13.0 Å². The van der Waals surface area contributed by atoms with E-state index in [4.69, 9.17) is 9.47 Å². The number of nitrogens with one attached hydrogen (secondary N) is 1. The Morgan fingerprint density at radius 2 is 1.68 bits per heavy atom. The molecule has 0 saturated heterocycles. The highest BCUT2D eigenvalue weighted by Crippen LogP contribution is 2.22. The molecule has 1 heterocycles. The van der Waals surface area contributed by atoms with Crippen molar-refractivity contribution in [1.82, 2.24) is 9.97 Å². The molecule has 1 rings (SSSR count). The van der Waals surface area contributed by atoms with Crippen molar-refractivity contribution in [3.8, 4) is 11.8 Å². The number of ether oxygens (including phenoxy) is 2. The molecule has 0 aliphatic heterocycles. The van der Waals surface area contributed by atoms with Crippen molar-refractivity contribution in [3.63, 3.8) is 0 Å². The van der Waals surface area contributed by atoms with Gasteiger partial charge in [0.1, 0.15) is 0 Å². The van der Waals surface area contributed by atoms with Crippen LogP contribution in [-0.2, 0) is 0 Å². The number of aromatic nitrogens is 2. The van der Waals surface area contributed by atoms with Crippen molar-refractivity contribution in [1.29, 1.82) is 0 Å². The van der Waals surface area contributed by atoms with Crippen LogP contribution >= 0.6 is 0 Å². The van der Waals surface area contributed by atoms with Crippen LogP contribution in [0.4, 0.5) is 19.1 Å². The molecule has 0 spiro atoms. The van der Waals surface area contributed by atoms with Gasteiger partial charge < -0.3 is 14.8 Å². The van der Waals surface area contributed by atoms with Crippen LogP contribution in [0.1, 0.15) is 19.3 Å². The van der Waals surface area contributed by atoms with Gasteiger partial charge in [-0.1, -0.05) is 0 Å². The van der Waals surface area contributed by atoms with Gasteiger partial charge in [-0.05, 0) is 12.8 Å². The van der Waals surface area contributed by atoms with Gasteiger partial charge in [0.2, 0.25) is 17.7 Å². The number of halogens is 3. The summed E-state index contributed by atoms with van der Waals surface area (Å²) in [5, 5.41) is 2.83. The Labute approximate surface area is 109 Å². The van der Waals surface area contributed by atoms with E-state index < -0.39 is 12.6 Å². The maximum Gasteiger partial charge on any atom is 0.389 e. The third kappa shape index (κ3) is 6.12. The third-order valence-electron chi connectivity index (χ3n) is 2.27. The molecule has 19 heavy (non-hydrogen) atoms. The lowest BCUT2D eigenvalue weighted by atomic mass is 10.2. The molecule has 0 unspecified atom stereocenters. The minimum atomic E-state index is -4.10. The molecule has 0 radical (unpaired) electrons. The summed E-state index contributed by atoms with van der Waals surface area (Å²) in [4.78, 5) is 8.00. The van der Waals surface area contributed by atoms with E-state index in [1.54, 1.807) is 0 Å². The molecular formula is C11H16F3N3O2. The van der Waals surface area contributed by atoms with Crippen LogP contribution in [0.2, 0.25) is 0 Å². The van der Waals surface area contributed by atoms with Crippen LogP contribution in [0.25, 0.3) is 0 Å². The number of unbranched alkanes of at least 4 members (excludes halogenated alkanes) is 1. The first-order chi connectivity index (χ1) is 8.94. The molecule has 0 saturated carbocycles. The van der Waals surface area contributed by atoms with E-state index in [2.05, 4.69) is 15.3 Å². The summed E-state index contributed by atoms with van der Waals surface area (Å²) < 4.78 is 45.7. The largest absolute Gasteiger partial charge is 0.481 e. The zero-order chi connectivity index (χ0) is 14.3. The standard InChI is InChI=1S/C11H16F3N3O2/c1-18-8-7-9(19-2)17-10(16-8)15-6-4-3-5-11(12,13)14/h7H,3-6H2,1-2H3,(H,15,16,17). The molecular weight excluding hydrogens is 263 g/mol. The summed E-state index contributed by atoms with van der Waals surface area (Å²) in [5.74, 6) is 0.914. The van der Waals surface area contributed by atoms with E-state index in [0.717, 1.165) is 0 Å². The van der Waals surface area contributed by atoms with E-state index >= 15 is 0 Å². The number of anilines is 1. The molecule has 0 aliphatic carbocycles. The van der Waals surface area contributed by atoms with Gasteiger partial charge in [-0.15, -0.1) is 0 Å². The lowest BCUT2D eigenvalue weighted by Crippen LogP contribution is -2.10. The molecule has 1 N–H and O–H groups in total. The first kappa shape index (κ1) is 15.3. The van der Waals surface area contributed by atoms with Crippen molar-refractivity contribution >= 4 is 5.95 Å². The van der Waals surface area contributed by atoms with E-state index in [0.29, 0.717) is 24.7 Å². The van der Waals surface area contributed by atoms with Gasteiger partial charge in [-0.2, -0.15) is 23.1 Å². The summed E-state index contributed by atoms with van der Waals surface area (Å²) in [6, 6.07) is 1.51. The summed E-state index contributed by atoms with van der Waals surface area (Å²) in [5.41, 5.74) is 0. The molecule has 0 bridgehead atoms. The number of hydrogen-bond acceptors (Lipinski definition) is 5. The molecule has 0 aliphatic rings. The summed E-state index contributed by atoms with van der Waals surface area (Å²) in [6.07, 6.45) is -4.44. The highest BCUT2D eigenvalue weighted by atomic mass is 19.4. The second-order valence-electron chi connectivity index (χ2n) is 3.78. The lowest BCUT2D eigenvalue weighted by Gasteiger charge is -2.09. The summed E-state index contributed by atoms with van der Waals surface area (Å²) >= 11 is 0. The monoisotopic (exact) mass is 279 g/mol. The first-order valence-corrected chi connectivity index (χ1v) is 5.72. The van der Waals surface area contributed by atoms with Crippen molar-refractivity contribution in [2.45, 2.75) is 25.4 Å². The zero-order valence-electron chi connectivity index (χ0n) is 10.8. The summed E-state index contributed by atoms with van der Waals surface area (Å²) in [6.45, 7) is 0.354. The lowest BCUT2D eigenvalue weighted by molar-refractivity contribution is -0.135. The van der Waals surface area contributed by atoms with Crippen molar-refractivity contribution in [2.75, 3.05) is 26.1 Å². The molecule has 0 fully saturated rings. The minimum absolute atomic E-state index is 0.0671. The van der Waals surface area contributed by atoms with Crippen LogP contribution in [0.15, 0.2) is 6.07 Å². The molecule has 0 amide bonds. The topological polar surface area (TPSA) is 56.3 Å². The van der Waals surface area contributed by atoms with Gasteiger partial charge in [0.05, 0.1) is 20.3 Å². The molecule has 1 aromatic rings. The Morgan fingerprint density at radius 1 is 1.11 bits per heavy atom. The maximum absolute atomic E-state index is 11.9. The van der Waals surface area contributed by atoms with Gasteiger partial charge in [0.25, 0.3) is 0 Å². The van der Waals surface area contributed by atoms with Crippen molar-refractivity contribution in [2.24, 2.45) is 0 Å². The SMILES string of the molecule is COc1cc(OC)nc(NCCCCC(F)(F)F)n1. The predicted octanol–water partition coefficient (Wildman–Crippen LogP) is 2.64. The average molecular weight is 279 g/mol. The normalized spacial score (nSPS) is 11.2.